The van der Waals surface area contributed by atoms with E-state index in [1.54, 1.807) is 24.3 Å². The summed E-state index contributed by atoms with van der Waals surface area (Å²) in [7, 11) is 0. The second kappa shape index (κ2) is 5.78. The lowest BCUT2D eigenvalue weighted by Crippen LogP contribution is -2.26. The largest absolute Gasteiger partial charge is 0.321 e. The lowest BCUT2D eigenvalue weighted by Gasteiger charge is -2.20. The van der Waals surface area contributed by atoms with Crippen LogP contribution in [-0.4, -0.2) is 12.5 Å². The number of nitrogens with one attached hydrogen (secondary N) is 2. The van der Waals surface area contributed by atoms with Crippen LogP contribution in [0.3, 0.4) is 0 Å². The lowest BCUT2D eigenvalue weighted by molar-refractivity contribution is 0.102. The minimum Gasteiger partial charge on any atom is -0.321 e. The van der Waals surface area contributed by atoms with Crippen molar-refractivity contribution in [1.29, 1.82) is 5.26 Å². The fourth-order valence-electron chi connectivity index (χ4n) is 2.62. The van der Waals surface area contributed by atoms with Crippen molar-refractivity contribution < 1.29 is 4.79 Å². The van der Waals surface area contributed by atoms with E-state index in [1.807, 2.05) is 18.2 Å². The zero-order valence-corrected chi connectivity index (χ0v) is 11.5. The van der Waals surface area contributed by atoms with Crippen molar-refractivity contribution in [2.24, 2.45) is 0 Å². The van der Waals surface area contributed by atoms with Crippen molar-refractivity contribution in [3.63, 3.8) is 0 Å². The molecule has 2 N–H and O–H groups in total. The number of carbonyl (C=O) groups is 1. The smallest absolute Gasteiger partial charge is 0.255 e. The Hall–Kier alpha value is -2.64. The maximum atomic E-state index is 12.5. The Labute approximate surface area is 123 Å². The van der Waals surface area contributed by atoms with Crippen LogP contribution in [0, 0.1) is 11.3 Å². The quantitative estimate of drug-likeness (QED) is 0.886. The molecule has 1 aliphatic heterocycles. The van der Waals surface area contributed by atoms with Gasteiger partial charge in [-0.2, -0.15) is 5.26 Å². The van der Waals surface area contributed by atoms with E-state index in [0.717, 1.165) is 25.1 Å². The van der Waals surface area contributed by atoms with Crippen LogP contribution in [0.1, 0.15) is 27.0 Å². The van der Waals surface area contributed by atoms with Crippen LogP contribution in [0.15, 0.2) is 42.5 Å². The Bertz CT molecular complexity index is 731. The van der Waals surface area contributed by atoms with E-state index in [9.17, 15) is 4.79 Å². The monoisotopic (exact) mass is 277 g/mol. The molecule has 0 aliphatic carbocycles. The van der Waals surface area contributed by atoms with Crippen LogP contribution in [0.2, 0.25) is 0 Å². The molecule has 0 fully saturated rings. The predicted octanol–water partition coefficient (Wildman–Crippen LogP) is 2.46. The maximum absolute atomic E-state index is 12.5. The SMILES string of the molecule is N#Cc1ccccc1NC(=O)c1cccc2c1CCNC2. The van der Waals surface area contributed by atoms with Crippen molar-refractivity contribution in [3.8, 4) is 6.07 Å². The number of hydrogen-bond donors (Lipinski definition) is 2. The lowest BCUT2D eigenvalue weighted by atomic mass is 9.95. The highest BCUT2D eigenvalue weighted by Crippen LogP contribution is 2.21. The Morgan fingerprint density at radius 2 is 2.05 bits per heavy atom. The van der Waals surface area contributed by atoms with Crippen LogP contribution >= 0.6 is 0 Å². The molecule has 3 rings (SSSR count). The number of rotatable bonds is 2. The molecule has 2 aromatic carbocycles. The van der Waals surface area contributed by atoms with E-state index >= 15 is 0 Å². The number of para-hydroxylation sites is 1. The zero-order valence-electron chi connectivity index (χ0n) is 11.5. The Balaban J connectivity index is 1.91. The summed E-state index contributed by atoms with van der Waals surface area (Å²) in [6, 6.07) is 14.9. The molecule has 0 radical (unpaired) electrons. The number of hydrogen-bond acceptors (Lipinski definition) is 3. The molecule has 104 valence electrons. The van der Waals surface area contributed by atoms with Gasteiger partial charge in [-0.15, -0.1) is 0 Å². The predicted molar refractivity (Wildman–Crippen MR) is 81.0 cm³/mol. The molecule has 4 heteroatoms. The molecule has 1 heterocycles. The topological polar surface area (TPSA) is 64.9 Å². The first-order chi connectivity index (χ1) is 10.3. The van der Waals surface area contributed by atoms with Gasteiger partial charge in [0.25, 0.3) is 5.91 Å². The molecule has 2 aromatic rings. The first-order valence-corrected chi connectivity index (χ1v) is 6.91. The molecule has 0 bridgehead atoms. The van der Waals surface area contributed by atoms with Gasteiger partial charge >= 0.3 is 0 Å². The molecule has 1 amide bonds. The zero-order chi connectivity index (χ0) is 14.7. The third-order valence-corrected chi connectivity index (χ3v) is 3.68. The third-order valence-electron chi connectivity index (χ3n) is 3.68. The summed E-state index contributed by atoms with van der Waals surface area (Å²) in [6.45, 7) is 1.68. The summed E-state index contributed by atoms with van der Waals surface area (Å²) in [6.07, 6.45) is 0.846. The highest BCUT2D eigenvalue weighted by atomic mass is 16.1. The van der Waals surface area contributed by atoms with Gasteiger partial charge in [-0.25, -0.2) is 0 Å². The molecule has 0 unspecified atom stereocenters. The summed E-state index contributed by atoms with van der Waals surface area (Å²) in [5.41, 5.74) is 3.99. The highest BCUT2D eigenvalue weighted by Gasteiger charge is 2.17. The minimum absolute atomic E-state index is 0.156. The molecule has 21 heavy (non-hydrogen) atoms. The van der Waals surface area contributed by atoms with E-state index in [4.69, 9.17) is 5.26 Å². The van der Waals surface area contributed by atoms with Crippen molar-refractivity contribution in [2.45, 2.75) is 13.0 Å². The third kappa shape index (κ3) is 2.64. The maximum Gasteiger partial charge on any atom is 0.255 e. The standard InChI is InChI=1S/C17H15N3O/c18-10-12-4-1-2-7-16(12)20-17(21)15-6-3-5-13-11-19-9-8-14(13)15/h1-7,19H,8-9,11H2,(H,20,21). The van der Waals surface area contributed by atoms with E-state index in [2.05, 4.69) is 16.7 Å². The van der Waals surface area contributed by atoms with Crippen molar-refractivity contribution in [1.82, 2.24) is 5.32 Å². The summed E-state index contributed by atoms with van der Waals surface area (Å²) in [4.78, 5) is 12.5. The molecule has 4 nitrogen and oxygen atoms in total. The van der Waals surface area contributed by atoms with Crippen LogP contribution in [0.4, 0.5) is 5.69 Å². The molecular formula is C17H15N3O. The Morgan fingerprint density at radius 3 is 2.90 bits per heavy atom. The molecule has 1 aliphatic rings. The van der Waals surface area contributed by atoms with Gasteiger partial charge < -0.3 is 10.6 Å². The second-order valence-corrected chi connectivity index (χ2v) is 4.98. The van der Waals surface area contributed by atoms with Crippen molar-refractivity contribution in [2.75, 3.05) is 11.9 Å². The van der Waals surface area contributed by atoms with E-state index in [-0.39, 0.29) is 5.91 Å². The fraction of sp³-hybridized carbons (Fsp3) is 0.176. The highest BCUT2D eigenvalue weighted by molar-refractivity contribution is 6.06. The van der Waals surface area contributed by atoms with Crippen LogP contribution in [0.25, 0.3) is 0 Å². The first-order valence-electron chi connectivity index (χ1n) is 6.91. The number of amides is 1. The van der Waals surface area contributed by atoms with Gasteiger partial charge in [-0.3, -0.25) is 4.79 Å². The van der Waals surface area contributed by atoms with Crippen LogP contribution in [0.5, 0.6) is 0 Å². The van der Waals surface area contributed by atoms with Gasteiger partial charge in [0.15, 0.2) is 0 Å². The van der Waals surface area contributed by atoms with Crippen molar-refractivity contribution >= 4 is 11.6 Å². The average molecular weight is 277 g/mol. The number of fused-ring (bicyclic) bond motifs is 1. The number of nitrogens with zero attached hydrogens (tertiary/aromatic N) is 1. The van der Waals surface area contributed by atoms with Crippen LogP contribution < -0.4 is 10.6 Å². The molecule has 0 saturated carbocycles. The summed E-state index contributed by atoms with van der Waals surface area (Å²) < 4.78 is 0. The average Bonchev–Trinajstić information content (AvgIpc) is 2.54. The number of benzene rings is 2. The summed E-state index contributed by atoms with van der Waals surface area (Å²) in [5, 5.41) is 15.2. The van der Waals surface area contributed by atoms with Gasteiger partial charge in [0, 0.05) is 12.1 Å². The van der Waals surface area contributed by atoms with Crippen LogP contribution in [-0.2, 0) is 13.0 Å². The molecular weight excluding hydrogens is 262 g/mol. The van der Waals surface area contributed by atoms with Gasteiger partial charge in [-0.1, -0.05) is 24.3 Å². The Morgan fingerprint density at radius 1 is 1.19 bits per heavy atom. The minimum atomic E-state index is -0.156. The fourth-order valence-corrected chi connectivity index (χ4v) is 2.62. The van der Waals surface area contributed by atoms with E-state index in [0.29, 0.717) is 16.8 Å². The second-order valence-electron chi connectivity index (χ2n) is 4.98. The molecule has 0 atom stereocenters. The summed E-state index contributed by atoms with van der Waals surface area (Å²) >= 11 is 0. The van der Waals surface area contributed by atoms with Gasteiger partial charge in [0.1, 0.15) is 6.07 Å². The Kier molecular flexibility index (Phi) is 3.67. The number of anilines is 1. The molecule has 0 aromatic heterocycles. The van der Waals surface area contributed by atoms with Crippen molar-refractivity contribution in [3.05, 3.63) is 64.7 Å². The molecule has 0 spiro atoms. The first kappa shape index (κ1) is 13.3. The van der Waals surface area contributed by atoms with Gasteiger partial charge in [0.05, 0.1) is 11.3 Å². The van der Waals surface area contributed by atoms with Gasteiger partial charge in [-0.05, 0) is 42.3 Å². The summed E-state index contributed by atoms with van der Waals surface area (Å²) in [5.74, 6) is -0.156. The number of nitriles is 1. The van der Waals surface area contributed by atoms with E-state index in [1.165, 1.54) is 5.56 Å². The van der Waals surface area contributed by atoms with E-state index < -0.39 is 0 Å². The van der Waals surface area contributed by atoms with Gasteiger partial charge in [0.2, 0.25) is 0 Å². The molecule has 0 saturated heterocycles. The number of carbonyl (C=O) groups excluding carboxylic acids is 1. The normalized spacial score (nSPS) is 13.1.